The number of thiophene rings is 1. The minimum atomic E-state index is -1.09. The van der Waals surface area contributed by atoms with Crippen LogP contribution in [0.3, 0.4) is 0 Å². The van der Waals surface area contributed by atoms with Crippen molar-refractivity contribution in [2.24, 2.45) is 0 Å². The van der Waals surface area contributed by atoms with Crippen LogP contribution in [0.2, 0.25) is 0 Å². The largest absolute Gasteiger partial charge is 0.508 e. The lowest BCUT2D eigenvalue weighted by Gasteiger charge is -2.07. The molecule has 0 amide bonds. The van der Waals surface area contributed by atoms with Gasteiger partial charge >= 0.3 is 5.97 Å². The zero-order chi connectivity index (χ0) is 21.1. The van der Waals surface area contributed by atoms with Gasteiger partial charge in [-0.05, 0) is 35.9 Å². The molecule has 0 unspecified atom stereocenters. The fourth-order valence-corrected chi connectivity index (χ4v) is 4.34. The van der Waals surface area contributed by atoms with Crippen LogP contribution in [0.5, 0.6) is 11.5 Å². The van der Waals surface area contributed by atoms with Crippen molar-refractivity contribution in [1.29, 1.82) is 0 Å². The molecule has 6 heteroatoms. The number of hydrogen-bond donors (Lipinski definition) is 2. The number of phenolic OH excluding ortho intramolecular Hbond substituents is 1. The van der Waals surface area contributed by atoms with Gasteiger partial charge in [0.05, 0.1) is 17.2 Å². The summed E-state index contributed by atoms with van der Waals surface area (Å²) in [5.74, 6) is -0.563. The van der Waals surface area contributed by atoms with E-state index in [1.165, 1.54) is 11.3 Å². The summed E-state index contributed by atoms with van der Waals surface area (Å²) in [6.45, 7) is 0. The lowest BCUT2D eigenvalue weighted by atomic mass is 9.98. The second-order valence-electron chi connectivity index (χ2n) is 6.47. The molecule has 0 spiro atoms. The highest BCUT2D eigenvalue weighted by atomic mass is 32.1. The average molecular weight is 416 g/mol. The SMILES string of the molecule is O=C(O)/C=C/Oc1ccc(-c2c(C(=O)c3ccccc3)sc3cc(O)ccc23)cc1. The molecule has 0 radical (unpaired) electrons. The zero-order valence-corrected chi connectivity index (χ0v) is 16.4. The Morgan fingerprint density at radius 2 is 1.67 bits per heavy atom. The Labute approximate surface area is 176 Å². The summed E-state index contributed by atoms with van der Waals surface area (Å²) in [5.41, 5.74) is 2.20. The van der Waals surface area contributed by atoms with E-state index in [0.29, 0.717) is 16.2 Å². The number of carboxylic acid groups (broad SMARTS) is 1. The van der Waals surface area contributed by atoms with Gasteiger partial charge in [-0.15, -0.1) is 11.3 Å². The molecule has 4 aromatic rings. The maximum atomic E-state index is 13.2. The number of carboxylic acids is 1. The first-order valence-corrected chi connectivity index (χ1v) is 9.86. The van der Waals surface area contributed by atoms with Crippen molar-refractivity contribution in [3.8, 4) is 22.6 Å². The highest BCUT2D eigenvalue weighted by Gasteiger charge is 2.21. The average Bonchev–Trinajstić information content (AvgIpc) is 3.12. The number of benzene rings is 3. The van der Waals surface area contributed by atoms with Crippen LogP contribution in [0.1, 0.15) is 15.2 Å². The normalized spacial score (nSPS) is 11.1. The molecule has 0 saturated heterocycles. The molecule has 5 nitrogen and oxygen atoms in total. The summed E-state index contributed by atoms with van der Waals surface area (Å²) >= 11 is 1.34. The van der Waals surface area contributed by atoms with Crippen molar-refractivity contribution in [2.75, 3.05) is 0 Å². The lowest BCUT2D eigenvalue weighted by molar-refractivity contribution is -0.131. The number of rotatable bonds is 6. The molecule has 1 heterocycles. The van der Waals surface area contributed by atoms with Gasteiger partial charge in [0.15, 0.2) is 0 Å². The minimum Gasteiger partial charge on any atom is -0.508 e. The number of aromatic hydroxyl groups is 1. The molecular formula is C24H16O5S. The third-order valence-electron chi connectivity index (χ3n) is 4.47. The van der Waals surface area contributed by atoms with E-state index in [4.69, 9.17) is 9.84 Å². The van der Waals surface area contributed by atoms with Gasteiger partial charge in [-0.2, -0.15) is 0 Å². The fraction of sp³-hybridized carbons (Fsp3) is 0. The van der Waals surface area contributed by atoms with Crippen LogP contribution in [0.25, 0.3) is 21.2 Å². The number of phenols is 1. The van der Waals surface area contributed by atoms with Gasteiger partial charge in [0.2, 0.25) is 5.78 Å². The van der Waals surface area contributed by atoms with Crippen LogP contribution in [0, 0.1) is 0 Å². The Morgan fingerprint density at radius 1 is 0.933 bits per heavy atom. The first-order valence-electron chi connectivity index (χ1n) is 9.05. The van der Waals surface area contributed by atoms with Gasteiger partial charge in [-0.3, -0.25) is 4.79 Å². The van der Waals surface area contributed by atoms with Crippen molar-refractivity contribution in [2.45, 2.75) is 0 Å². The Morgan fingerprint density at radius 3 is 2.37 bits per heavy atom. The maximum absolute atomic E-state index is 13.2. The van der Waals surface area contributed by atoms with E-state index in [1.54, 1.807) is 42.5 Å². The van der Waals surface area contributed by atoms with Crippen molar-refractivity contribution in [3.05, 3.63) is 95.6 Å². The number of ketones is 1. The molecule has 0 atom stereocenters. The fourth-order valence-electron chi connectivity index (χ4n) is 3.12. The zero-order valence-electron chi connectivity index (χ0n) is 15.6. The van der Waals surface area contributed by atoms with Crippen LogP contribution in [0.15, 0.2) is 85.1 Å². The molecule has 1 aromatic heterocycles. The quantitative estimate of drug-likeness (QED) is 0.247. The molecule has 2 N–H and O–H groups in total. The number of hydrogen-bond acceptors (Lipinski definition) is 5. The second-order valence-corrected chi connectivity index (χ2v) is 7.52. The Balaban J connectivity index is 1.79. The molecule has 4 rings (SSSR count). The third kappa shape index (κ3) is 3.94. The summed E-state index contributed by atoms with van der Waals surface area (Å²) in [6.07, 6.45) is 2.01. The van der Waals surface area contributed by atoms with Gasteiger partial charge in [0.25, 0.3) is 0 Å². The predicted octanol–water partition coefficient (Wildman–Crippen LogP) is 5.48. The van der Waals surface area contributed by atoms with Gasteiger partial charge in [-0.1, -0.05) is 42.5 Å². The number of carbonyl (C=O) groups excluding carboxylic acids is 1. The van der Waals surface area contributed by atoms with Crippen molar-refractivity contribution >= 4 is 33.2 Å². The van der Waals surface area contributed by atoms with Crippen molar-refractivity contribution < 1.29 is 24.5 Å². The summed E-state index contributed by atoms with van der Waals surface area (Å²) in [7, 11) is 0. The molecule has 0 aliphatic heterocycles. The van der Waals surface area contributed by atoms with Crippen molar-refractivity contribution in [1.82, 2.24) is 0 Å². The summed E-state index contributed by atoms with van der Waals surface area (Å²) in [4.78, 5) is 24.4. The van der Waals surface area contributed by atoms with Gasteiger partial charge in [0, 0.05) is 21.2 Å². The van der Waals surface area contributed by atoms with E-state index < -0.39 is 5.97 Å². The van der Waals surface area contributed by atoms with E-state index in [1.807, 2.05) is 30.3 Å². The molecule has 3 aromatic carbocycles. The highest BCUT2D eigenvalue weighted by molar-refractivity contribution is 7.21. The first kappa shape index (κ1) is 19.4. The smallest absolute Gasteiger partial charge is 0.331 e. The molecule has 0 bridgehead atoms. The minimum absolute atomic E-state index is 0.0870. The van der Waals surface area contributed by atoms with E-state index >= 15 is 0 Å². The predicted molar refractivity (Wildman–Crippen MR) is 116 cm³/mol. The van der Waals surface area contributed by atoms with E-state index in [9.17, 15) is 14.7 Å². The van der Waals surface area contributed by atoms with Gasteiger partial charge < -0.3 is 14.9 Å². The summed E-state index contributed by atoms with van der Waals surface area (Å²) in [5, 5.41) is 19.4. The number of aliphatic carboxylic acids is 1. The van der Waals surface area contributed by atoms with Crippen LogP contribution < -0.4 is 4.74 Å². The van der Waals surface area contributed by atoms with Crippen LogP contribution >= 0.6 is 11.3 Å². The molecule has 148 valence electrons. The monoisotopic (exact) mass is 416 g/mol. The van der Waals surface area contributed by atoms with Crippen LogP contribution in [-0.2, 0) is 4.79 Å². The molecule has 0 fully saturated rings. The van der Waals surface area contributed by atoms with Gasteiger partial charge in [-0.25, -0.2) is 4.79 Å². The Hall–Kier alpha value is -3.90. The molecular weight excluding hydrogens is 400 g/mol. The summed E-state index contributed by atoms with van der Waals surface area (Å²) in [6, 6.07) is 21.2. The highest BCUT2D eigenvalue weighted by Crippen LogP contribution is 2.41. The molecule has 0 saturated carbocycles. The second kappa shape index (κ2) is 8.23. The Kier molecular flexibility index (Phi) is 5.32. The van der Waals surface area contributed by atoms with E-state index in [2.05, 4.69) is 0 Å². The topological polar surface area (TPSA) is 83.8 Å². The van der Waals surface area contributed by atoms with Crippen molar-refractivity contribution in [3.63, 3.8) is 0 Å². The van der Waals surface area contributed by atoms with Crippen LogP contribution in [0.4, 0.5) is 0 Å². The van der Waals surface area contributed by atoms with E-state index in [-0.39, 0.29) is 11.5 Å². The van der Waals surface area contributed by atoms with Crippen LogP contribution in [-0.4, -0.2) is 22.0 Å². The number of ether oxygens (including phenoxy) is 1. The van der Waals surface area contributed by atoms with Gasteiger partial charge in [0.1, 0.15) is 11.5 Å². The molecule has 30 heavy (non-hydrogen) atoms. The maximum Gasteiger partial charge on any atom is 0.331 e. The number of carbonyl (C=O) groups is 2. The van der Waals surface area contributed by atoms with E-state index in [0.717, 1.165) is 33.6 Å². The standard InChI is InChI=1S/C24H16O5S/c25-17-8-11-19-20(14-17)30-24(23(28)16-4-2-1-3-5-16)22(19)15-6-9-18(10-7-15)29-13-12-21(26)27/h1-14,25H,(H,26,27)/b13-12+. The molecule has 0 aliphatic rings. The summed E-state index contributed by atoms with van der Waals surface area (Å²) < 4.78 is 6.09. The molecule has 0 aliphatic carbocycles. The number of fused-ring (bicyclic) bond motifs is 1. The lowest BCUT2D eigenvalue weighted by Crippen LogP contribution is -2.00. The Bertz CT molecular complexity index is 1250. The first-order chi connectivity index (χ1) is 14.5. The third-order valence-corrected chi connectivity index (χ3v) is 5.62.